The maximum absolute atomic E-state index is 6.26. The van der Waals surface area contributed by atoms with Crippen molar-refractivity contribution in [3.8, 4) is 5.75 Å². The van der Waals surface area contributed by atoms with Crippen molar-refractivity contribution in [1.82, 2.24) is 4.57 Å². The fraction of sp³-hybridized carbons (Fsp3) is 0.240. The number of halogens is 1. The third kappa shape index (κ3) is 4.38. The van der Waals surface area contributed by atoms with E-state index in [2.05, 4.69) is 85.3 Å². The van der Waals surface area contributed by atoms with E-state index in [0.29, 0.717) is 6.61 Å². The van der Waals surface area contributed by atoms with Crippen LogP contribution in [0.3, 0.4) is 0 Å². The lowest BCUT2D eigenvalue weighted by Crippen LogP contribution is -3.00. The van der Waals surface area contributed by atoms with Crippen molar-refractivity contribution in [3.63, 3.8) is 0 Å². The van der Waals surface area contributed by atoms with E-state index < -0.39 is 0 Å². The summed E-state index contributed by atoms with van der Waals surface area (Å²) < 4.78 is 10.9. The van der Waals surface area contributed by atoms with E-state index in [1.165, 1.54) is 33.6 Å². The van der Waals surface area contributed by atoms with Crippen molar-refractivity contribution in [3.05, 3.63) is 101 Å². The van der Waals surface area contributed by atoms with Crippen LogP contribution in [0.1, 0.15) is 33.6 Å². The summed E-state index contributed by atoms with van der Waals surface area (Å²) in [5.41, 5.74) is 8.69. The summed E-state index contributed by atoms with van der Waals surface area (Å²) in [6, 6.07) is 21.2. The fourth-order valence-electron chi connectivity index (χ4n) is 3.93. The number of rotatable bonds is 5. The van der Waals surface area contributed by atoms with Crippen LogP contribution in [0.5, 0.6) is 5.75 Å². The standard InChI is InChI=1S/C25H27N2O.BrH/c1-18-13-19(2)15-23(14-18)16-27-21(4)20(3)26-12-8-11-24(25(26)27)28-17-22-9-6-5-7-10-22;/h5-15H,16-17H2,1-4H3;1H/q+1;/p-1. The first kappa shape index (κ1) is 21.1. The number of hydrogen-bond acceptors (Lipinski definition) is 1. The van der Waals surface area contributed by atoms with E-state index in [4.69, 9.17) is 4.74 Å². The molecule has 0 amide bonds. The summed E-state index contributed by atoms with van der Waals surface area (Å²) in [7, 11) is 0. The second-order valence-electron chi connectivity index (χ2n) is 7.59. The molecule has 0 aliphatic carbocycles. The molecule has 0 spiro atoms. The Hall–Kier alpha value is -2.59. The molecule has 150 valence electrons. The molecule has 4 heteroatoms. The Labute approximate surface area is 183 Å². The predicted octanol–water partition coefficient (Wildman–Crippen LogP) is 2.09. The molecule has 2 aromatic heterocycles. The van der Waals surface area contributed by atoms with Gasteiger partial charge in [0.1, 0.15) is 24.5 Å². The summed E-state index contributed by atoms with van der Waals surface area (Å²) >= 11 is 0. The Kier molecular flexibility index (Phi) is 6.43. The third-order valence-electron chi connectivity index (χ3n) is 5.34. The number of nitrogens with zero attached hydrogens (tertiary/aromatic N) is 2. The van der Waals surface area contributed by atoms with E-state index in [9.17, 15) is 0 Å². The van der Waals surface area contributed by atoms with Gasteiger partial charge in [-0.05, 0) is 37.1 Å². The summed E-state index contributed by atoms with van der Waals surface area (Å²) in [4.78, 5) is 0. The zero-order chi connectivity index (χ0) is 19.7. The van der Waals surface area contributed by atoms with Gasteiger partial charge in [0, 0.05) is 13.8 Å². The molecule has 2 aromatic carbocycles. The summed E-state index contributed by atoms with van der Waals surface area (Å²) in [6.07, 6.45) is 2.12. The molecule has 0 aliphatic heterocycles. The van der Waals surface area contributed by atoms with Crippen LogP contribution in [0, 0.1) is 27.7 Å². The van der Waals surface area contributed by atoms with Crippen LogP contribution in [0.25, 0.3) is 5.65 Å². The molecule has 0 atom stereocenters. The van der Waals surface area contributed by atoms with E-state index in [-0.39, 0.29) is 17.0 Å². The second kappa shape index (κ2) is 8.83. The van der Waals surface area contributed by atoms with Crippen molar-refractivity contribution >= 4 is 5.65 Å². The molecule has 0 saturated heterocycles. The minimum atomic E-state index is 0. The SMILES string of the molecule is Cc1cc(C)cc(Cn2c(C)c(C)[n+]3cccc(OCc4ccccc4)c23)c1.[Br-]. The van der Waals surface area contributed by atoms with Gasteiger partial charge in [0.2, 0.25) is 5.75 Å². The molecule has 0 bridgehead atoms. The van der Waals surface area contributed by atoms with E-state index in [1.807, 2.05) is 18.2 Å². The predicted molar refractivity (Wildman–Crippen MR) is 113 cm³/mol. The van der Waals surface area contributed by atoms with Crippen LogP contribution in [-0.4, -0.2) is 4.57 Å². The number of imidazole rings is 1. The molecule has 3 nitrogen and oxygen atoms in total. The molecule has 4 aromatic rings. The summed E-state index contributed by atoms with van der Waals surface area (Å²) in [6.45, 7) is 10.1. The highest BCUT2D eigenvalue weighted by Crippen LogP contribution is 2.23. The van der Waals surface area contributed by atoms with Gasteiger partial charge in [-0.3, -0.25) is 0 Å². The third-order valence-corrected chi connectivity index (χ3v) is 5.34. The summed E-state index contributed by atoms with van der Waals surface area (Å²) in [5, 5.41) is 0. The molecule has 0 aliphatic rings. The van der Waals surface area contributed by atoms with Gasteiger partial charge in [-0.2, -0.15) is 4.40 Å². The quantitative estimate of drug-likeness (QED) is 0.425. The van der Waals surface area contributed by atoms with Gasteiger partial charge in [-0.1, -0.05) is 59.7 Å². The molecule has 4 rings (SSSR count). The highest BCUT2D eigenvalue weighted by molar-refractivity contribution is 5.51. The molecule has 0 saturated carbocycles. The van der Waals surface area contributed by atoms with Crippen LogP contribution >= 0.6 is 0 Å². The molecule has 0 unspecified atom stereocenters. The normalized spacial score (nSPS) is 10.8. The molecule has 2 heterocycles. The molecule has 0 N–H and O–H groups in total. The molecule has 29 heavy (non-hydrogen) atoms. The minimum Gasteiger partial charge on any atom is -1.00 e. The lowest BCUT2D eigenvalue weighted by Gasteiger charge is -2.08. The van der Waals surface area contributed by atoms with Crippen molar-refractivity contribution in [2.45, 2.75) is 40.8 Å². The Morgan fingerprint density at radius 2 is 1.52 bits per heavy atom. The summed E-state index contributed by atoms with van der Waals surface area (Å²) in [5.74, 6) is 0.909. The number of benzene rings is 2. The zero-order valence-corrected chi connectivity index (χ0v) is 19.0. The van der Waals surface area contributed by atoms with Crippen molar-refractivity contribution < 1.29 is 26.1 Å². The van der Waals surface area contributed by atoms with Crippen LogP contribution in [-0.2, 0) is 13.2 Å². The second-order valence-corrected chi connectivity index (χ2v) is 7.59. The smallest absolute Gasteiger partial charge is 0.329 e. The molecule has 0 radical (unpaired) electrons. The molecule has 0 fully saturated rings. The number of aromatic nitrogens is 2. The Balaban J connectivity index is 0.00000240. The van der Waals surface area contributed by atoms with Crippen molar-refractivity contribution in [2.75, 3.05) is 0 Å². The Morgan fingerprint density at radius 1 is 0.828 bits per heavy atom. The monoisotopic (exact) mass is 450 g/mol. The highest BCUT2D eigenvalue weighted by Gasteiger charge is 2.24. The van der Waals surface area contributed by atoms with Gasteiger partial charge in [0.15, 0.2) is 0 Å². The largest absolute Gasteiger partial charge is 1.00 e. The van der Waals surface area contributed by atoms with Crippen LogP contribution in [0.15, 0.2) is 66.9 Å². The van der Waals surface area contributed by atoms with Crippen LogP contribution in [0.4, 0.5) is 0 Å². The minimum absolute atomic E-state index is 0. The van der Waals surface area contributed by atoms with E-state index in [1.54, 1.807) is 0 Å². The maximum Gasteiger partial charge on any atom is 0.329 e. The van der Waals surface area contributed by atoms with Gasteiger partial charge in [0.05, 0.1) is 6.20 Å². The average molecular weight is 451 g/mol. The van der Waals surface area contributed by atoms with Crippen LogP contribution in [0.2, 0.25) is 0 Å². The van der Waals surface area contributed by atoms with Gasteiger partial charge in [-0.25, -0.2) is 4.57 Å². The average Bonchev–Trinajstić information content (AvgIpc) is 2.92. The lowest BCUT2D eigenvalue weighted by molar-refractivity contribution is -0.519. The Bertz CT molecular complexity index is 1110. The first-order chi connectivity index (χ1) is 13.5. The topological polar surface area (TPSA) is 18.3 Å². The Morgan fingerprint density at radius 3 is 2.21 bits per heavy atom. The van der Waals surface area contributed by atoms with Gasteiger partial charge < -0.3 is 21.7 Å². The zero-order valence-electron chi connectivity index (χ0n) is 17.4. The van der Waals surface area contributed by atoms with E-state index >= 15 is 0 Å². The first-order valence-corrected chi connectivity index (χ1v) is 9.77. The highest BCUT2D eigenvalue weighted by atomic mass is 79.9. The number of ether oxygens (including phenoxy) is 1. The number of hydrogen-bond donors (Lipinski definition) is 0. The van der Waals surface area contributed by atoms with Crippen molar-refractivity contribution in [1.29, 1.82) is 0 Å². The molecular weight excluding hydrogens is 424 g/mol. The van der Waals surface area contributed by atoms with Gasteiger partial charge in [0.25, 0.3) is 0 Å². The fourth-order valence-corrected chi connectivity index (χ4v) is 3.93. The molecular formula is C25H27BrN2O. The van der Waals surface area contributed by atoms with E-state index in [0.717, 1.165) is 17.9 Å². The number of pyridine rings is 1. The van der Waals surface area contributed by atoms with Crippen LogP contribution < -0.4 is 26.1 Å². The maximum atomic E-state index is 6.26. The van der Waals surface area contributed by atoms with Crippen molar-refractivity contribution in [2.24, 2.45) is 0 Å². The van der Waals surface area contributed by atoms with Gasteiger partial charge >= 0.3 is 5.65 Å². The van der Waals surface area contributed by atoms with Gasteiger partial charge in [-0.15, -0.1) is 0 Å². The number of fused-ring (bicyclic) bond motifs is 1. The number of aryl methyl sites for hydroxylation is 3. The first-order valence-electron chi connectivity index (χ1n) is 9.77. The lowest BCUT2D eigenvalue weighted by atomic mass is 10.1.